The lowest BCUT2D eigenvalue weighted by Crippen LogP contribution is -2.41. The number of Topliss-reactive ketones (excluding diaryl/α,β-unsaturated/α-hetero) is 1. The molecule has 0 bridgehead atoms. The van der Waals surface area contributed by atoms with Crippen molar-refractivity contribution in [3.63, 3.8) is 0 Å². The largest absolute Gasteiger partial charge is 0.504 e. The molecule has 29 heavy (non-hydrogen) atoms. The van der Waals surface area contributed by atoms with Crippen molar-refractivity contribution < 1.29 is 14.6 Å². The molecule has 1 heterocycles. The van der Waals surface area contributed by atoms with E-state index in [0.29, 0.717) is 12.3 Å². The maximum absolute atomic E-state index is 11.9. The van der Waals surface area contributed by atoms with Gasteiger partial charge >= 0.3 is 0 Å². The predicted molar refractivity (Wildman–Crippen MR) is 116 cm³/mol. The van der Waals surface area contributed by atoms with Crippen LogP contribution in [0.4, 0.5) is 0 Å². The number of nitrogens with zero attached hydrogens (tertiary/aromatic N) is 1. The molecule has 0 radical (unpaired) electrons. The summed E-state index contributed by atoms with van der Waals surface area (Å²) in [5.41, 5.74) is 2.22. The summed E-state index contributed by atoms with van der Waals surface area (Å²) in [6, 6.07) is 13.6. The smallest absolute Gasteiger partial charge is 0.160 e. The first-order valence-corrected chi connectivity index (χ1v) is 10.4. The number of benzene rings is 2. The van der Waals surface area contributed by atoms with Gasteiger partial charge in [0.25, 0.3) is 0 Å². The van der Waals surface area contributed by atoms with Crippen molar-refractivity contribution >= 4 is 17.4 Å². The fourth-order valence-corrected chi connectivity index (χ4v) is 4.11. The van der Waals surface area contributed by atoms with Gasteiger partial charge in [-0.3, -0.25) is 9.69 Å². The molecule has 2 unspecified atom stereocenters. The summed E-state index contributed by atoms with van der Waals surface area (Å²) < 4.78 is 5.08. The number of aromatic hydroxyl groups is 1. The molecule has 1 fully saturated rings. The highest BCUT2D eigenvalue weighted by atomic mass is 35.5. The topological polar surface area (TPSA) is 61.8 Å². The van der Waals surface area contributed by atoms with Gasteiger partial charge < -0.3 is 15.2 Å². The van der Waals surface area contributed by atoms with Gasteiger partial charge in [0.15, 0.2) is 11.5 Å². The fourth-order valence-electron chi connectivity index (χ4n) is 3.98. The number of carbonyl (C=O) groups excluding carboxylic acids is 1. The first-order valence-electron chi connectivity index (χ1n) is 10.0. The minimum atomic E-state index is 0.127. The molecule has 2 aromatic carbocycles. The number of hydrogen-bond acceptors (Lipinski definition) is 5. The van der Waals surface area contributed by atoms with Gasteiger partial charge in [-0.05, 0) is 61.7 Å². The number of methoxy groups -OCH3 is 1. The minimum Gasteiger partial charge on any atom is -0.504 e. The highest BCUT2D eigenvalue weighted by Gasteiger charge is 2.31. The molecule has 6 heteroatoms. The third kappa shape index (κ3) is 5.72. The Morgan fingerprint density at radius 3 is 2.69 bits per heavy atom. The van der Waals surface area contributed by atoms with Crippen molar-refractivity contribution in [2.75, 3.05) is 26.7 Å². The molecule has 0 spiro atoms. The molecule has 0 aromatic heterocycles. The number of carbonyl (C=O) groups is 1. The SMILES string of the molecule is COc1ccc(CNCCN2CCC(C(C)=O)CC2c2ccc(Cl)cc2)cc1O. The Labute approximate surface area is 177 Å². The molecule has 1 aliphatic rings. The second-order valence-electron chi connectivity index (χ2n) is 7.62. The molecule has 1 saturated heterocycles. The van der Waals surface area contributed by atoms with Gasteiger partial charge in [-0.2, -0.15) is 0 Å². The van der Waals surface area contributed by atoms with Crippen molar-refractivity contribution in [1.29, 1.82) is 0 Å². The Morgan fingerprint density at radius 1 is 1.28 bits per heavy atom. The van der Waals surface area contributed by atoms with E-state index in [2.05, 4.69) is 22.3 Å². The van der Waals surface area contributed by atoms with E-state index in [0.717, 1.165) is 43.1 Å². The molecular formula is C23H29ClN2O3. The quantitative estimate of drug-likeness (QED) is 0.632. The predicted octanol–water partition coefficient (Wildman–Crippen LogP) is 4.19. The zero-order valence-electron chi connectivity index (χ0n) is 17.0. The van der Waals surface area contributed by atoms with Crippen LogP contribution in [0.2, 0.25) is 5.02 Å². The highest BCUT2D eigenvalue weighted by molar-refractivity contribution is 6.30. The van der Waals surface area contributed by atoms with Crippen LogP contribution in [0.5, 0.6) is 11.5 Å². The van der Waals surface area contributed by atoms with Crippen LogP contribution in [0.3, 0.4) is 0 Å². The zero-order valence-corrected chi connectivity index (χ0v) is 17.8. The molecule has 5 nitrogen and oxygen atoms in total. The number of ether oxygens (including phenoxy) is 1. The van der Waals surface area contributed by atoms with E-state index in [1.165, 1.54) is 5.56 Å². The first-order chi connectivity index (χ1) is 14.0. The third-order valence-electron chi connectivity index (χ3n) is 5.69. The van der Waals surface area contributed by atoms with Crippen LogP contribution in [0.1, 0.15) is 36.9 Å². The average Bonchev–Trinajstić information content (AvgIpc) is 2.72. The van der Waals surface area contributed by atoms with Crippen LogP contribution in [-0.2, 0) is 11.3 Å². The standard InChI is InChI=1S/C23H29ClN2O3/c1-16(27)19-9-11-26(21(14-19)18-4-6-20(24)7-5-18)12-10-25-15-17-3-8-23(29-2)22(28)13-17/h3-8,13,19,21,25,28H,9-12,14-15H2,1-2H3. The molecule has 2 aromatic rings. The number of likely N-dealkylation sites (tertiary alicyclic amines) is 1. The van der Waals surface area contributed by atoms with Gasteiger partial charge in [0.1, 0.15) is 5.78 Å². The van der Waals surface area contributed by atoms with E-state index in [1.807, 2.05) is 18.2 Å². The zero-order chi connectivity index (χ0) is 20.8. The number of nitrogens with one attached hydrogen (secondary N) is 1. The Hall–Kier alpha value is -2.08. The maximum Gasteiger partial charge on any atom is 0.160 e. The molecule has 1 aliphatic heterocycles. The lowest BCUT2D eigenvalue weighted by molar-refractivity contribution is -0.122. The molecule has 0 aliphatic carbocycles. The van der Waals surface area contributed by atoms with Crippen LogP contribution in [0, 0.1) is 5.92 Å². The van der Waals surface area contributed by atoms with Gasteiger partial charge in [-0.1, -0.05) is 29.8 Å². The average molecular weight is 417 g/mol. The molecule has 0 saturated carbocycles. The Bertz CT molecular complexity index is 825. The summed E-state index contributed by atoms with van der Waals surface area (Å²) >= 11 is 6.05. The number of phenols is 1. The van der Waals surface area contributed by atoms with E-state index < -0.39 is 0 Å². The first kappa shape index (κ1) is 21.6. The lowest BCUT2D eigenvalue weighted by Gasteiger charge is -2.39. The molecule has 2 N–H and O–H groups in total. The molecule has 156 valence electrons. The van der Waals surface area contributed by atoms with E-state index in [-0.39, 0.29) is 23.5 Å². The Balaban J connectivity index is 1.58. The van der Waals surface area contributed by atoms with Gasteiger partial charge in [0.2, 0.25) is 0 Å². The third-order valence-corrected chi connectivity index (χ3v) is 5.94. The summed E-state index contributed by atoms with van der Waals surface area (Å²) in [6.07, 6.45) is 1.76. The van der Waals surface area contributed by atoms with Crippen molar-refractivity contribution in [3.05, 3.63) is 58.6 Å². The second-order valence-corrected chi connectivity index (χ2v) is 8.05. The van der Waals surface area contributed by atoms with Crippen LogP contribution < -0.4 is 10.1 Å². The van der Waals surface area contributed by atoms with Gasteiger partial charge in [0, 0.05) is 36.6 Å². The lowest BCUT2D eigenvalue weighted by atomic mass is 9.85. The van der Waals surface area contributed by atoms with E-state index in [1.54, 1.807) is 26.2 Å². The van der Waals surface area contributed by atoms with E-state index >= 15 is 0 Å². The summed E-state index contributed by atoms with van der Waals surface area (Å²) in [4.78, 5) is 14.4. The van der Waals surface area contributed by atoms with Crippen molar-refractivity contribution in [1.82, 2.24) is 10.2 Å². The van der Waals surface area contributed by atoms with Crippen molar-refractivity contribution in [2.45, 2.75) is 32.4 Å². The number of hydrogen-bond donors (Lipinski definition) is 2. The van der Waals surface area contributed by atoms with Crippen LogP contribution in [-0.4, -0.2) is 42.5 Å². The van der Waals surface area contributed by atoms with Gasteiger partial charge in [-0.25, -0.2) is 0 Å². The number of piperidine rings is 1. The summed E-state index contributed by atoms with van der Waals surface area (Å²) in [5, 5.41) is 14.1. The Kier molecular flexibility index (Phi) is 7.53. The van der Waals surface area contributed by atoms with E-state index in [4.69, 9.17) is 16.3 Å². The molecule has 2 atom stereocenters. The Morgan fingerprint density at radius 2 is 2.03 bits per heavy atom. The monoisotopic (exact) mass is 416 g/mol. The normalized spacial score (nSPS) is 19.8. The van der Waals surface area contributed by atoms with Crippen LogP contribution in [0.25, 0.3) is 0 Å². The number of ketones is 1. The van der Waals surface area contributed by atoms with E-state index in [9.17, 15) is 9.90 Å². The summed E-state index contributed by atoms with van der Waals surface area (Å²) in [6.45, 7) is 4.99. The maximum atomic E-state index is 11.9. The summed E-state index contributed by atoms with van der Waals surface area (Å²) in [5.74, 6) is 1.04. The molecule has 3 rings (SSSR count). The second kappa shape index (κ2) is 10.1. The highest BCUT2D eigenvalue weighted by Crippen LogP contribution is 2.35. The van der Waals surface area contributed by atoms with Crippen molar-refractivity contribution in [3.8, 4) is 11.5 Å². The van der Waals surface area contributed by atoms with Gasteiger partial charge in [0.05, 0.1) is 7.11 Å². The number of halogens is 1. The van der Waals surface area contributed by atoms with Crippen LogP contribution >= 0.6 is 11.6 Å². The molecular weight excluding hydrogens is 388 g/mol. The summed E-state index contributed by atoms with van der Waals surface area (Å²) in [7, 11) is 1.54. The van der Waals surface area contributed by atoms with Crippen molar-refractivity contribution in [2.24, 2.45) is 5.92 Å². The molecule has 0 amide bonds. The number of phenolic OH excluding ortho intramolecular Hbond substituents is 1. The fraction of sp³-hybridized carbons (Fsp3) is 0.435. The minimum absolute atomic E-state index is 0.127. The van der Waals surface area contributed by atoms with Gasteiger partial charge in [-0.15, -0.1) is 0 Å². The number of rotatable bonds is 8. The van der Waals surface area contributed by atoms with Crippen LogP contribution in [0.15, 0.2) is 42.5 Å².